The number of carbonyl (C=O) groups is 1. The molecule has 5 nitrogen and oxygen atoms in total. The number of hydrogen-bond acceptors (Lipinski definition) is 3. The number of aryl methyl sites for hydroxylation is 1. The molecule has 2 heterocycles. The highest BCUT2D eigenvalue weighted by atomic mass is 16.5. The standard InChI is InChI=1S/C20H23N3O2/c24-20(23-11-5-7-16-6-1-3-9-18(16)23)21-17-8-2-4-10-19(17)22-12-14-25-15-13-22/h1-4,6,8-10H,5,7,11-15H2,(H,21,24). The number of nitrogens with zero attached hydrogens (tertiary/aromatic N) is 2. The van der Waals surface area contributed by atoms with Gasteiger partial charge in [-0.05, 0) is 36.6 Å². The normalized spacial score (nSPS) is 17.1. The van der Waals surface area contributed by atoms with Gasteiger partial charge < -0.3 is 15.0 Å². The van der Waals surface area contributed by atoms with Crippen LogP contribution in [0.4, 0.5) is 21.9 Å². The Labute approximate surface area is 148 Å². The zero-order valence-electron chi connectivity index (χ0n) is 14.3. The van der Waals surface area contributed by atoms with E-state index in [0.29, 0.717) is 0 Å². The number of ether oxygens (including phenoxy) is 1. The first-order chi connectivity index (χ1) is 12.3. The van der Waals surface area contributed by atoms with E-state index >= 15 is 0 Å². The lowest BCUT2D eigenvalue weighted by Gasteiger charge is -2.32. The number of anilines is 3. The monoisotopic (exact) mass is 337 g/mol. The van der Waals surface area contributed by atoms with E-state index in [0.717, 1.165) is 62.8 Å². The topological polar surface area (TPSA) is 44.8 Å². The fourth-order valence-corrected chi connectivity index (χ4v) is 3.59. The van der Waals surface area contributed by atoms with Gasteiger partial charge in [-0.25, -0.2) is 4.79 Å². The Hall–Kier alpha value is -2.53. The highest BCUT2D eigenvalue weighted by molar-refractivity contribution is 6.04. The van der Waals surface area contributed by atoms with Gasteiger partial charge in [0.15, 0.2) is 0 Å². The van der Waals surface area contributed by atoms with Crippen LogP contribution in [0.15, 0.2) is 48.5 Å². The molecule has 0 unspecified atom stereocenters. The molecular formula is C20H23N3O2. The maximum absolute atomic E-state index is 12.9. The van der Waals surface area contributed by atoms with Crippen LogP contribution < -0.4 is 15.1 Å². The molecule has 5 heteroatoms. The van der Waals surface area contributed by atoms with Crippen LogP contribution in [-0.2, 0) is 11.2 Å². The number of hydrogen-bond donors (Lipinski definition) is 1. The average Bonchev–Trinajstić information content (AvgIpc) is 2.68. The first kappa shape index (κ1) is 16.0. The van der Waals surface area contributed by atoms with Crippen LogP contribution in [-0.4, -0.2) is 38.9 Å². The van der Waals surface area contributed by atoms with Crippen LogP contribution in [0, 0.1) is 0 Å². The first-order valence-corrected chi connectivity index (χ1v) is 8.91. The molecule has 2 aromatic rings. The minimum atomic E-state index is -0.0622. The summed E-state index contributed by atoms with van der Waals surface area (Å²) in [5.41, 5.74) is 4.18. The molecule has 0 saturated carbocycles. The lowest BCUT2D eigenvalue weighted by molar-refractivity contribution is 0.123. The van der Waals surface area contributed by atoms with Crippen molar-refractivity contribution in [1.29, 1.82) is 0 Å². The summed E-state index contributed by atoms with van der Waals surface area (Å²) in [6.07, 6.45) is 2.03. The first-order valence-electron chi connectivity index (χ1n) is 8.91. The van der Waals surface area contributed by atoms with Crippen molar-refractivity contribution in [2.45, 2.75) is 12.8 Å². The van der Waals surface area contributed by atoms with Gasteiger partial charge in [0, 0.05) is 25.3 Å². The van der Waals surface area contributed by atoms with Gasteiger partial charge in [0.1, 0.15) is 0 Å². The molecule has 0 radical (unpaired) electrons. The SMILES string of the molecule is O=C(Nc1ccccc1N1CCOCC1)N1CCCc2ccccc21. The van der Waals surface area contributed by atoms with Crippen molar-refractivity contribution >= 4 is 23.1 Å². The minimum absolute atomic E-state index is 0.0622. The quantitative estimate of drug-likeness (QED) is 0.912. The number of para-hydroxylation sites is 3. The third-order valence-electron chi connectivity index (χ3n) is 4.85. The molecule has 4 rings (SSSR count). The number of benzene rings is 2. The van der Waals surface area contributed by atoms with E-state index in [2.05, 4.69) is 22.3 Å². The van der Waals surface area contributed by atoms with E-state index in [1.807, 2.05) is 41.3 Å². The lowest BCUT2D eigenvalue weighted by atomic mass is 10.0. The Morgan fingerprint density at radius 1 is 0.920 bits per heavy atom. The molecule has 0 bridgehead atoms. The number of amides is 2. The Bertz CT molecular complexity index is 756. The van der Waals surface area contributed by atoms with Gasteiger partial charge in [-0.3, -0.25) is 4.90 Å². The zero-order valence-corrected chi connectivity index (χ0v) is 14.3. The van der Waals surface area contributed by atoms with Crippen LogP contribution in [0.5, 0.6) is 0 Å². The largest absolute Gasteiger partial charge is 0.378 e. The molecule has 2 aliphatic heterocycles. The second-order valence-electron chi connectivity index (χ2n) is 6.43. The second kappa shape index (κ2) is 7.15. The van der Waals surface area contributed by atoms with Crippen LogP contribution in [0.25, 0.3) is 0 Å². The Morgan fingerprint density at radius 3 is 2.48 bits per heavy atom. The fraction of sp³-hybridized carbons (Fsp3) is 0.350. The van der Waals surface area contributed by atoms with Gasteiger partial charge >= 0.3 is 6.03 Å². The summed E-state index contributed by atoms with van der Waals surface area (Å²) in [7, 11) is 0. The molecule has 0 aromatic heterocycles. The molecule has 130 valence electrons. The highest BCUT2D eigenvalue weighted by Gasteiger charge is 2.23. The summed E-state index contributed by atoms with van der Waals surface area (Å²) < 4.78 is 5.44. The van der Waals surface area contributed by atoms with Crippen LogP contribution in [0.1, 0.15) is 12.0 Å². The third-order valence-corrected chi connectivity index (χ3v) is 4.85. The molecule has 25 heavy (non-hydrogen) atoms. The Morgan fingerprint density at radius 2 is 1.64 bits per heavy atom. The van der Waals surface area contributed by atoms with Gasteiger partial charge in [-0.1, -0.05) is 30.3 Å². The van der Waals surface area contributed by atoms with Crippen molar-refractivity contribution in [1.82, 2.24) is 0 Å². The van der Waals surface area contributed by atoms with E-state index in [4.69, 9.17) is 4.74 Å². The maximum atomic E-state index is 12.9. The molecule has 1 fully saturated rings. The number of carbonyl (C=O) groups excluding carboxylic acids is 1. The van der Waals surface area contributed by atoms with Crippen LogP contribution >= 0.6 is 0 Å². The van der Waals surface area contributed by atoms with Crippen LogP contribution in [0.3, 0.4) is 0 Å². The van der Waals surface area contributed by atoms with Crippen molar-refractivity contribution in [3.05, 3.63) is 54.1 Å². The highest BCUT2D eigenvalue weighted by Crippen LogP contribution is 2.30. The summed E-state index contributed by atoms with van der Waals surface area (Å²) in [4.78, 5) is 17.1. The van der Waals surface area contributed by atoms with Gasteiger partial charge in [0.25, 0.3) is 0 Å². The summed E-state index contributed by atoms with van der Waals surface area (Å²) >= 11 is 0. The number of fused-ring (bicyclic) bond motifs is 1. The van der Waals surface area contributed by atoms with Crippen molar-refractivity contribution in [2.75, 3.05) is 48.0 Å². The summed E-state index contributed by atoms with van der Waals surface area (Å²) in [6.45, 7) is 3.89. The molecule has 0 atom stereocenters. The fourth-order valence-electron chi connectivity index (χ4n) is 3.59. The van der Waals surface area contributed by atoms with E-state index in [1.54, 1.807) is 0 Å². The van der Waals surface area contributed by atoms with Crippen molar-refractivity contribution in [2.24, 2.45) is 0 Å². The number of nitrogens with one attached hydrogen (secondary N) is 1. The molecule has 1 saturated heterocycles. The average molecular weight is 337 g/mol. The molecule has 2 amide bonds. The molecule has 2 aliphatic rings. The number of rotatable bonds is 2. The van der Waals surface area contributed by atoms with Crippen molar-refractivity contribution in [3.8, 4) is 0 Å². The smallest absolute Gasteiger partial charge is 0.326 e. The van der Waals surface area contributed by atoms with Crippen LogP contribution in [0.2, 0.25) is 0 Å². The number of morpholine rings is 1. The second-order valence-corrected chi connectivity index (χ2v) is 6.43. The molecular weight excluding hydrogens is 314 g/mol. The van der Waals surface area contributed by atoms with Gasteiger partial charge in [0.2, 0.25) is 0 Å². The number of urea groups is 1. The summed E-state index contributed by atoms with van der Waals surface area (Å²) in [5, 5.41) is 3.12. The van der Waals surface area contributed by atoms with E-state index in [-0.39, 0.29) is 6.03 Å². The summed E-state index contributed by atoms with van der Waals surface area (Å²) in [5.74, 6) is 0. The third kappa shape index (κ3) is 3.33. The maximum Gasteiger partial charge on any atom is 0.326 e. The Kier molecular flexibility index (Phi) is 4.57. The van der Waals surface area contributed by atoms with Crippen molar-refractivity contribution < 1.29 is 9.53 Å². The predicted molar refractivity (Wildman–Crippen MR) is 101 cm³/mol. The van der Waals surface area contributed by atoms with Gasteiger partial charge in [-0.2, -0.15) is 0 Å². The summed E-state index contributed by atoms with van der Waals surface area (Å²) in [6, 6.07) is 16.1. The Balaban J connectivity index is 1.56. The molecule has 2 aromatic carbocycles. The minimum Gasteiger partial charge on any atom is -0.378 e. The lowest BCUT2D eigenvalue weighted by Crippen LogP contribution is -2.40. The van der Waals surface area contributed by atoms with Gasteiger partial charge in [-0.15, -0.1) is 0 Å². The van der Waals surface area contributed by atoms with E-state index in [1.165, 1.54) is 5.56 Å². The zero-order chi connectivity index (χ0) is 17.1. The van der Waals surface area contributed by atoms with E-state index < -0.39 is 0 Å². The van der Waals surface area contributed by atoms with E-state index in [9.17, 15) is 4.79 Å². The van der Waals surface area contributed by atoms with Crippen molar-refractivity contribution in [3.63, 3.8) is 0 Å². The molecule has 1 N–H and O–H groups in total. The molecule has 0 aliphatic carbocycles. The van der Waals surface area contributed by atoms with Gasteiger partial charge in [0.05, 0.1) is 24.6 Å². The predicted octanol–water partition coefficient (Wildman–Crippen LogP) is 3.51. The molecule has 0 spiro atoms.